The molecule has 8 heteroatoms. The van der Waals surface area contributed by atoms with E-state index in [4.69, 9.17) is 11.6 Å². The fraction of sp³-hybridized carbons (Fsp3) is 0.231. The van der Waals surface area contributed by atoms with Crippen LogP contribution in [0.4, 0.5) is 8.78 Å². The maximum Gasteiger partial charge on any atom is 0.502 e. The maximum atomic E-state index is 13.7. The monoisotopic (exact) mass is 427 g/mol. The van der Waals surface area contributed by atoms with Crippen LogP contribution in [0.3, 0.4) is 0 Å². The molecule has 1 aromatic carbocycles. The fourth-order valence-electron chi connectivity index (χ4n) is 1.63. The Labute approximate surface area is 137 Å². The highest BCUT2D eigenvalue weighted by atomic mass is 127. The van der Waals surface area contributed by atoms with Gasteiger partial charge < -0.3 is 9.47 Å². The second kappa shape index (κ2) is 6.27. The van der Waals surface area contributed by atoms with Gasteiger partial charge in [0, 0.05) is 11.6 Å². The fourth-order valence-corrected chi connectivity index (χ4v) is 2.75. The molecule has 0 aliphatic heterocycles. The van der Waals surface area contributed by atoms with E-state index in [9.17, 15) is 13.6 Å². The van der Waals surface area contributed by atoms with Gasteiger partial charge in [-0.05, 0) is 47.7 Å². The van der Waals surface area contributed by atoms with Gasteiger partial charge in [0.15, 0.2) is 5.75 Å². The molecule has 1 heterocycles. The summed E-state index contributed by atoms with van der Waals surface area (Å²) >= 11 is 7.82. The summed E-state index contributed by atoms with van der Waals surface area (Å²) in [5.74, 6) is -1.96. The van der Waals surface area contributed by atoms with E-state index in [1.54, 1.807) is 34.7 Å². The van der Waals surface area contributed by atoms with Crippen LogP contribution in [0.5, 0.6) is 5.75 Å². The van der Waals surface area contributed by atoms with E-state index < -0.39 is 12.1 Å². The van der Waals surface area contributed by atoms with Gasteiger partial charge in [-0.2, -0.15) is 8.78 Å². The van der Waals surface area contributed by atoms with Gasteiger partial charge in [-0.1, -0.05) is 11.6 Å². The predicted octanol–water partition coefficient (Wildman–Crippen LogP) is 4.03. The lowest BCUT2D eigenvalue weighted by molar-refractivity contribution is -0.216. The molecule has 2 aromatic rings. The van der Waals surface area contributed by atoms with Gasteiger partial charge in [0.1, 0.15) is 5.52 Å². The number of pyridine rings is 1. The summed E-state index contributed by atoms with van der Waals surface area (Å²) in [7, 11) is 0. The quantitative estimate of drug-likeness (QED) is 0.546. The number of hydrogen-bond acceptors (Lipinski definition) is 4. The van der Waals surface area contributed by atoms with Crippen molar-refractivity contribution in [3.05, 3.63) is 33.0 Å². The predicted molar refractivity (Wildman–Crippen MR) is 81.7 cm³/mol. The molecule has 0 aliphatic carbocycles. The summed E-state index contributed by atoms with van der Waals surface area (Å²) < 4.78 is 36.7. The number of benzene rings is 1. The Morgan fingerprint density at radius 1 is 1.52 bits per heavy atom. The Kier molecular flexibility index (Phi) is 4.82. The van der Waals surface area contributed by atoms with Crippen molar-refractivity contribution in [2.24, 2.45) is 0 Å². The van der Waals surface area contributed by atoms with Crippen molar-refractivity contribution < 1.29 is 23.0 Å². The van der Waals surface area contributed by atoms with Crippen LogP contribution in [0, 0.1) is 3.57 Å². The van der Waals surface area contributed by atoms with Crippen LogP contribution in [0.25, 0.3) is 10.9 Å². The molecular weight excluding hydrogens is 419 g/mol. The highest BCUT2D eigenvalue weighted by Crippen LogP contribution is 2.37. The minimum absolute atomic E-state index is 0.151. The van der Waals surface area contributed by atoms with Gasteiger partial charge in [0.25, 0.3) is 0 Å². The number of nitrogens with zero attached hydrogens (tertiary/aromatic N) is 1. The molecule has 0 aliphatic rings. The van der Waals surface area contributed by atoms with E-state index in [2.05, 4.69) is 14.5 Å². The first-order valence-corrected chi connectivity index (χ1v) is 7.29. The van der Waals surface area contributed by atoms with Crippen LogP contribution >= 0.6 is 34.2 Å². The molecule has 112 valence electrons. The average molecular weight is 428 g/mol. The Morgan fingerprint density at radius 3 is 2.90 bits per heavy atom. The zero-order chi connectivity index (χ0) is 15.6. The average Bonchev–Trinajstić information content (AvgIpc) is 2.44. The van der Waals surface area contributed by atoms with Crippen LogP contribution in [0.1, 0.15) is 6.92 Å². The smallest absolute Gasteiger partial charge is 0.459 e. The lowest BCUT2D eigenvalue weighted by Gasteiger charge is -2.18. The van der Waals surface area contributed by atoms with Crippen molar-refractivity contribution in [2.75, 3.05) is 6.61 Å². The molecule has 2 rings (SSSR count). The van der Waals surface area contributed by atoms with Crippen LogP contribution in [0.15, 0.2) is 24.4 Å². The normalized spacial score (nSPS) is 11.5. The molecule has 21 heavy (non-hydrogen) atoms. The third kappa shape index (κ3) is 3.34. The third-order valence-electron chi connectivity index (χ3n) is 2.49. The van der Waals surface area contributed by atoms with Crippen molar-refractivity contribution in [3.63, 3.8) is 0 Å². The minimum Gasteiger partial charge on any atom is -0.459 e. The molecule has 0 radical (unpaired) electrons. The molecular formula is C13H9ClF2INO3. The van der Waals surface area contributed by atoms with Gasteiger partial charge in [-0.25, -0.2) is 4.79 Å². The number of halogens is 4. The number of alkyl halides is 2. The SMILES string of the molecule is CCOC(=O)C(F)(F)Oc1c(I)cc(Cl)c2cccnc12. The third-order valence-corrected chi connectivity index (χ3v) is 3.61. The second-order valence-electron chi connectivity index (χ2n) is 3.91. The maximum absolute atomic E-state index is 13.7. The van der Waals surface area contributed by atoms with Gasteiger partial charge in [-0.15, -0.1) is 0 Å². The van der Waals surface area contributed by atoms with E-state index in [1.165, 1.54) is 19.2 Å². The Hall–Kier alpha value is -1.22. The summed E-state index contributed by atoms with van der Waals surface area (Å²) in [6.07, 6.45) is -2.68. The van der Waals surface area contributed by atoms with Gasteiger partial charge in [-0.3, -0.25) is 4.98 Å². The molecule has 1 aromatic heterocycles. The van der Waals surface area contributed by atoms with Crippen molar-refractivity contribution >= 4 is 51.1 Å². The number of fused-ring (bicyclic) bond motifs is 1. The highest BCUT2D eigenvalue weighted by molar-refractivity contribution is 14.1. The number of esters is 1. The molecule has 0 saturated heterocycles. The number of carbonyl (C=O) groups excluding carboxylic acids is 1. The van der Waals surface area contributed by atoms with Gasteiger partial charge in [0.05, 0.1) is 15.2 Å². The molecule has 0 spiro atoms. The Morgan fingerprint density at radius 2 is 2.24 bits per heavy atom. The summed E-state index contributed by atoms with van der Waals surface area (Å²) in [5, 5.41) is 0.809. The number of hydrogen-bond donors (Lipinski definition) is 0. The van der Waals surface area contributed by atoms with Gasteiger partial charge >= 0.3 is 12.1 Å². The van der Waals surface area contributed by atoms with E-state index in [0.717, 1.165) is 0 Å². The molecule has 0 unspecified atom stereocenters. The largest absolute Gasteiger partial charge is 0.502 e. The van der Waals surface area contributed by atoms with Crippen LogP contribution in [0.2, 0.25) is 5.02 Å². The van der Waals surface area contributed by atoms with Crippen molar-refractivity contribution in [1.82, 2.24) is 4.98 Å². The highest BCUT2D eigenvalue weighted by Gasteiger charge is 2.45. The Bertz CT molecular complexity index is 696. The first-order chi connectivity index (χ1) is 9.86. The summed E-state index contributed by atoms with van der Waals surface area (Å²) in [6, 6.07) is 4.70. The summed E-state index contributed by atoms with van der Waals surface area (Å²) in [4.78, 5) is 15.2. The van der Waals surface area contributed by atoms with Crippen molar-refractivity contribution in [2.45, 2.75) is 13.0 Å². The van der Waals surface area contributed by atoms with Gasteiger partial charge in [0.2, 0.25) is 0 Å². The molecule has 0 atom stereocenters. The minimum atomic E-state index is -4.10. The van der Waals surface area contributed by atoms with Crippen LogP contribution in [-0.2, 0) is 9.53 Å². The standard InChI is InChI=1S/C13H9ClF2INO3/c1-2-20-12(19)13(15,16)21-11-9(17)6-8(14)7-4-3-5-18-10(7)11/h3-6H,2H2,1H3. The van der Waals surface area contributed by atoms with E-state index in [0.29, 0.717) is 14.0 Å². The molecule has 0 bridgehead atoms. The first kappa shape index (κ1) is 16.2. The van der Waals surface area contributed by atoms with Crippen molar-refractivity contribution in [3.8, 4) is 5.75 Å². The molecule has 0 N–H and O–H groups in total. The van der Waals surface area contributed by atoms with Crippen LogP contribution < -0.4 is 4.74 Å². The first-order valence-electron chi connectivity index (χ1n) is 5.83. The molecule has 0 fully saturated rings. The zero-order valence-corrected chi connectivity index (χ0v) is 13.6. The van der Waals surface area contributed by atoms with Crippen LogP contribution in [-0.4, -0.2) is 23.7 Å². The van der Waals surface area contributed by atoms with E-state index >= 15 is 0 Å². The molecule has 4 nitrogen and oxygen atoms in total. The van der Waals surface area contributed by atoms with E-state index in [1.807, 2.05) is 0 Å². The summed E-state index contributed by atoms with van der Waals surface area (Å²) in [5.41, 5.74) is 0.151. The zero-order valence-electron chi connectivity index (χ0n) is 10.7. The molecule has 0 amide bonds. The lowest BCUT2D eigenvalue weighted by Crippen LogP contribution is -2.37. The number of ether oxygens (including phenoxy) is 2. The van der Waals surface area contributed by atoms with E-state index in [-0.39, 0.29) is 17.9 Å². The Balaban J connectivity index is 2.50. The second-order valence-corrected chi connectivity index (χ2v) is 5.48. The molecule has 0 saturated carbocycles. The lowest BCUT2D eigenvalue weighted by atomic mass is 10.2. The topological polar surface area (TPSA) is 48.4 Å². The number of carbonyl (C=O) groups is 1. The van der Waals surface area contributed by atoms with Crippen molar-refractivity contribution in [1.29, 1.82) is 0 Å². The number of aromatic nitrogens is 1. The number of rotatable bonds is 4. The summed E-state index contributed by atoms with van der Waals surface area (Å²) in [6.45, 7) is 1.26.